The van der Waals surface area contributed by atoms with Crippen molar-refractivity contribution in [2.45, 2.75) is 4.90 Å². The Morgan fingerprint density at radius 3 is 1.76 bits per heavy atom. The van der Waals surface area contributed by atoms with Gasteiger partial charge in [-0.15, -0.1) is 0 Å². The minimum absolute atomic E-state index is 0. The topological polar surface area (TPSA) is 43.4 Å². The summed E-state index contributed by atoms with van der Waals surface area (Å²) in [6.07, 6.45) is 0. The molecule has 0 aliphatic heterocycles. The quantitative estimate of drug-likeness (QED) is 0.633. The summed E-state index contributed by atoms with van der Waals surface area (Å²) in [4.78, 5) is 0.152. The van der Waals surface area contributed by atoms with Crippen LogP contribution < -0.4 is 4.18 Å². The normalized spacial score (nSPS) is 10.4. The number of benzene rings is 2. The van der Waals surface area contributed by atoms with Crippen LogP contribution in [-0.4, -0.2) is 59.8 Å². The number of rotatable bonds is 3. The van der Waals surface area contributed by atoms with Crippen LogP contribution in [0.15, 0.2) is 65.6 Å². The molecule has 0 bridgehead atoms. The third-order valence-electron chi connectivity index (χ3n) is 1.98. The second kappa shape index (κ2) is 6.68. The molecule has 0 saturated heterocycles. The van der Waals surface area contributed by atoms with Gasteiger partial charge in [0, 0.05) is 0 Å². The Morgan fingerprint density at radius 2 is 1.24 bits per heavy atom. The van der Waals surface area contributed by atoms with Crippen molar-refractivity contribution in [3.63, 3.8) is 0 Å². The first-order valence-electron chi connectivity index (χ1n) is 4.73. The van der Waals surface area contributed by atoms with Crippen LogP contribution in [-0.2, 0) is 10.1 Å². The molecule has 2 aromatic carbocycles. The summed E-state index contributed by atoms with van der Waals surface area (Å²) in [5, 5.41) is 0. The zero-order valence-electron chi connectivity index (χ0n) is 8.41. The SMILES string of the molecule is O=S(=O)(Oc1ccccc1)c1ccccc1.[KH]. The van der Waals surface area contributed by atoms with Gasteiger partial charge in [-0.05, 0) is 24.3 Å². The van der Waals surface area contributed by atoms with Gasteiger partial charge in [0.1, 0.15) is 10.6 Å². The molecule has 0 atom stereocenters. The van der Waals surface area contributed by atoms with Crippen LogP contribution in [0.1, 0.15) is 0 Å². The molecule has 17 heavy (non-hydrogen) atoms. The molecule has 0 N–H and O–H groups in total. The van der Waals surface area contributed by atoms with Crippen LogP contribution in [0, 0.1) is 0 Å². The van der Waals surface area contributed by atoms with Gasteiger partial charge in [0.2, 0.25) is 0 Å². The molecule has 0 aromatic heterocycles. The first kappa shape index (κ1) is 14.9. The molecule has 0 aliphatic rings. The molecule has 2 aromatic rings. The monoisotopic (exact) mass is 274 g/mol. The van der Waals surface area contributed by atoms with Crippen LogP contribution in [0.3, 0.4) is 0 Å². The summed E-state index contributed by atoms with van der Waals surface area (Å²) in [7, 11) is -3.71. The fraction of sp³-hybridized carbons (Fsp3) is 0. The van der Waals surface area contributed by atoms with E-state index in [4.69, 9.17) is 4.18 Å². The van der Waals surface area contributed by atoms with E-state index in [0.717, 1.165) is 0 Å². The van der Waals surface area contributed by atoms with E-state index >= 15 is 0 Å². The van der Waals surface area contributed by atoms with Crippen molar-refractivity contribution in [1.29, 1.82) is 0 Å². The Morgan fingerprint density at radius 1 is 0.765 bits per heavy atom. The Balaban J connectivity index is 0.00000144. The van der Waals surface area contributed by atoms with Crippen molar-refractivity contribution in [2.24, 2.45) is 0 Å². The van der Waals surface area contributed by atoms with Gasteiger partial charge in [0.25, 0.3) is 0 Å². The maximum atomic E-state index is 11.8. The van der Waals surface area contributed by atoms with E-state index in [1.807, 2.05) is 0 Å². The van der Waals surface area contributed by atoms with Gasteiger partial charge in [-0.2, -0.15) is 8.42 Å². The van der Waals surface area contributed by atoms with Crippen LogP contribution >= 0.6 is 0 Å². The van der Waals surface area contributed by atoms with Crippen molar-refractivity contribution in [1.82, 2.24) is 0 Å². The second-order valence-corrected chi connectivity index (χ2v) is 4.71. The first-order valence-corrected chi connectivity index (χ1v) is 6.14. The fourth-order valence-corrected chi connectivity index (χ4v) is 2.19. The second-order valence-electron chi connectivity index (χ2n) is 3.16. The first-order chi connectivity index (χ1) is 7.68. The summed E-state index contributed by atoms with van der Waals surface area (Å²) in [6, 6.07) is 16.5. The van der Waals surface area contributed by atoms with Gasteiger partial charge in [0.15, 0.2) is 0 Å². The van der Waals surface area contributed by atoms with Crippen molar-refractivity contribution < 1.29 is 12.6 Å². The van der Waals surface area contributed by atoms with Gasteiger partial charge in [-0.3, -0.25) is 0 Å². The van der Waals surface area contributed by atoms with Gasteiger partial charge < -0.3 is 4.18 Å². The van der Waals surface area contributed by atoms with E-state index in [2.05, 4.69) is 0 Å². The summed E-state index contributed by atoms with van der Waals surface area (Å²) in [5.41, 5.74) is 0. The summed E-state index contributed by atoms with van der Waals surface area (Å²) >= 11 is 0. The van der Waals surface area contributed by atoms with Gasteiger partial charge in [0.05, 0.1) is 0 Å². The molecule has 0 fully saturated rings. The van der Waals surface area contributed by atoms with Crippen LogP contribution in [0.5, 0.6) is 5.75 Å². The number of hydrogen-bond donors (Lipinski definition) is 0. The van der Waals surface area contributed by atoms with Crippen molar-refractivity contribution in [2.75, 3.05) is 0 Å². The third kappa shape index (κ3) is 4.20. The maximum absolute atomic E-state index is 11.8. The van der Waals surface area contributed by atoms with Gasteiger partial charge in [-0.1, -0.05) is 36.4 Å². The van der Waals surface area contributed by atoms with E-state index in [9.17, 15) is 8.42 Å². The van der Waals surface area contributed by atoms with Crippen LogP contribution in [0.4, 0.5) is 0 Å². The Kier molecular flexibility index (Phi) is 5.85. The van der Waals surface area contributed by atoms with Crippen LogP contribution in [0.2, 0.25) is 0 Å². The molecular formula is C12H11KO3S. The Hall–Kier alpha value is -0.174. The van der Waals surface area contributed by atoms with Crippen molar-refractivity contribution in [3.8, 4) is 5.75 Å². The van der Waals surface area contributed by atoms with Gasteiger partial charge >= 0.3 is 61.5 Å². The molecule has 0 spiro atoms. The Labute approximate surface area is 143 Å². The van der Waals surface area contributed by atoms with E-state index in [1.54, 1.807) is 48.5 Å². The average Bonchev–Trinajstić information content (AvgIpc) is 2.31. The van der Waals surface area contributed by atoms with Gasteiger partial charge in [-0.25, -0.2) is 0 Å². The average molecular weight is 274 g/mol. The van der Waals surface area contributed by atoms with E-state index in [-0.39, 0.29) is 56.3 Å². The predicted octanol–water partition coefficient (Wildman–Crippen LogP) is 1.81. The predicted molar refractivity (Wildman–Crippen MR) is 67.8 cm³/mol. The molecule has 0 radical (unpaired) electrons. The Bertz CT molecular complexity index is 553. The standard InChI is InChI=1S/C12H10O3S.K.H/c13-16(14,12-9-5-2-6-10-12)15-11-7-3-1-4-8-11;;/h1-10H;;. The molecule has 0 unspecified atom stereocenters. The van der Waals surface area contributed by atoms with E-state index in [0.29, 0.717) is 5.75 Å². The molecule has 0 aliphatic carbocycles. The molecule has 0 saturated carbocycles. The fourth-order valence-electron chi connectivity index (χ4n) is 1.24. The zero-order chi connectivity index (χ0) is 11.4. The summed E-state index contributed by atoms with van der Waals surface area (Å²) in [5.74, 6) is 0.311. The van der Waals surface area contributed by atoms with E-state index < -0.39 is 10.1 Å². The molecule has 2 rings (SSSR count). The molecule has 0 heterocycles. The van der Waals surface area contributed by atoms with Crippen molar-refractivity contribution in [3.05, 3.63) is 60.7 Å². The van der Waals surface area contributed by atoms with Crippen molar-refractivity contribution >= 4 is 61.5 Å². The molecule has 5 heteroatoms. The number of hydrogen-bond acceptors (Lipinski definition) is 3. The number of para-hydroxylation sites is 1. The molecular weight excluding hydrogens is 263 g/mol. The minimum atomic E-state index is -3.71. The van der Waals surface area contributed by atoms with Crippen LogP contribution in [0.25, 0.3) is 0 Å². The zero-order valence-corrected chi connectivity index (χ0v) is 9.22. The molecule has 84 valence electrons. The van der Waals surface area contributed by atoms with E-state index in [1.165, 1.54) is 12.1 Å². The molecule has 0 amide bonds. The third-order valence-corrected chi connectivity index (χ3v) is 3.24. The molecule has 3 nitrogen and oxygen atoms in total. The summed E-state index contributed by atoms with van der Waals surface area (Å²) < 4.78 is 28.5. The summed E-state index contributed by atoms with van der Waals surface area (Å²) in [6.45, 7) is 0.